The fourth-order valence-electron chi connectivity index (χ4n) is 2.23. The van der Waals surface area contributed by atoms with Crippen molar-refractivity contribution in [1.29, 1.82) is 0 Å². The maximum atomic E-state index is 14.3. The Balaban J connectivity index is 2.43. The fourth-order valence-corrected chi connectivity index (χ4v) is 2.70. The minimum Gasteiger partial charge on any atom is -0.385 e. The van der Waals surface area contributed by atoms with Crippen LogP contribution in [0.4, 0.5) is 4.39 Å². The Morgan fingerprint density at radius 2 is 1.85 bits per heavy atom. The van der Waals surface area contributed by atoms with Gasteiger partial charge in [0, 0.05) is 16.5 Å². The third kappa shape index (κ3) is 3.05. The van der Waals surface area contributed by atoms with Gasteiger partial charge in [-0.25, -0.2) is 4.39 Å². The summed E-state index contributed by atoms with van der Waals surface area (Å²) in [5.74, 6) is -0.568. The highest BCUT2D eigenvalue weighted by Gasteiger charge is 2.31. The van der Waals surface area contributed by atoms with Crippen LogP contribution >= 0.6 is 27.5 Å². The van der Waals surface area contributed by atoms with E-state index in [1.165, 1.54) is 0 Å². The van der Waals surface area contributed by atoms with Crippen LogP contribution in [0, 0.1) is 5.82 Å². The monoisotopic (exact) mass is 356 g/mol. The number of benzene rings is 2. The van der Waals surface area contributed by atoms with E-state index < -0.39 is 11.4 Å². The molecule has 0 spiro atoms. The van der Waals surface area contributed by atoms with E-state index >= 15 is 0 Å². The van der Waals surface area contributed by atoms with E-state index in [2.05, 4.69) is 15.9 Å². The van der Waals surface area contributed by atoms with Gasteiger partial charge < -0.3 is 5.11 Å². The van der Waals surface area contributed by atoms with Gasteiger partial charge in [0.15, 0.2) is 0 Å². The van der Waals surface area contributed by atoms with Gasteiger partial charge in [0.05, 0.1) is 10.6 Å². The minimum absolute atomic E-state index is 0.00226. The van der Waals surface area contributed by atoms with Crippen LogP contribution in [-0.2, 0) is 12.0 Å². The Bertz CT molecular complexity index is 603. The molecular weight excluding hydrogens is 343 g/mol. The topological polar surface area (TPSA) is 20.2 Å². The van der Waals surface area contributed by atoms with Crippen LogP contribution in [0.1, 0.15) is 24.5 Å². The molecule has 4 heteroatoms. The summed E-state index contributed by atoms with van der Waals surface area (Å²) in [6.07, 6.45) is 0.746. The van der Waals surface area contributed by atoms with Gasteiger partial charge in [0.1, 0.15) is 5.82 Å². The van der Waals surface area contributed by atoms with Crippen molar-refractivity contribution in [2.45, 2.75) is 25.4 Å². The van der Waals surface area contributed by atoms with Gasteiger partial charge in [0.25, 0.3) is 0 Å². The average Bonchev–Trinajstić information content (AvgIpc) is 2.45. The van der Waals surface area contributed by atoms with Crippen molar-refractivity contribution >= 4 is 27.5 Å². The van der Waals surface area contributed by atoms with E-state index in [1.807, 2.05) is 37.3 Å². The first-order valence-electron chi connectivity index (χ1n) is 6.38. The quantitative estimate of drug-likeness (QED) is 0.756. The molecule has 1 N–H and O–H groups in total. The fraction of sp³-hybridized carbons (Fsp3) is 0.250. The highest BCUT2D eigenvalue weighted by molar-refractivity contribution is 9.10. The molecule has 1 atom stereocenters. The molecule has 106 valence electrons. The van der Waals surface area contributed by atoms with E-state index in [4.69, 9.17) is 11.6 Å². The third-order valence-corrected chi connectivity index (χ3v) is 4.72. The molecule has 0 aliphatic carbocycles. The molecule has 20 heavy (non-hydrogen) atoms. The number of hydrogen-bond acceptors (Lipinski definition) is 1. The zero-order chi connectivity index (χ0) is 14.8. The van der Waals surface area contributed by atoms with Crippen molar-refractivity contribution in [3.63, 3.8) is 0 Å². The maximum Gasteiger partial charge on any atom is 0.149 e. The lowest BCUT2D eigenvalue weighted by Gasteiger charge is -2.28. The SMILES string of the molecule is CCC(O)(Cc1ccccc1)c1ccc(Br)c(Cl)c1F. The number of hydrogen-bond donors (Lipinski definition) is 1. The third-order valence-electron chi connectivity index (χ3n) is 3.46. The molecule has 2 aromatic rings. The van der Waals surface area contributed by atoms with Crippen LogP contribution < -0.4 is 0 Å². The summed E-state index contributed by atoms with van der Waals surface area (Å²) in [7, 11) is 0. The molecule has 0 radical (unpaired) electrons. The van der Waals surface area contributed by atoms with Crippen LogP contribution in [0.25, 0.3) is 0 Å². The van der Waals surface area contributed by atoms with Crippen molar-refractivity contribution < 1.29 is 9.50 Å². The number of rotatable bonds is 4. The van der Waals surface area contributed by atoms with Crippen LogP contribution in [-0.4, -0.2) is 5.11 Å². The zero-order valence-electron chi connectivity index (χ0n) is 11.0. The molecule has 0 aliphatic rings. The normalized spacial score (nSPS) is 14.1. The molecule has 0 fully saturated rings. The maximum absolute atomic E-state index is 14.3. The van der Waals surface area contributed by atoms with Gasteiger partial charge >= 0.3 is 0 Å². The summed E-state index contributed by atoms with van der Waals surface area (Å²) in [5.41, 5.74) is -0.0807. The first kappa shape index (κ1) is 15.5. The summed E-state index contributed by atoms with van der Waals surface area (Å²) < 4.78 is 14.8. The van der Waals surface area contributed by atoms with Crippen molar-refractivity contribution in [3.05, 3.63) is 68.9 Å². The molecule has 0 heterocycles. The Morgan fingerprint density at radius 3 is 2.45 bits per heavy atom. The van der Waals surface area contributed by atoms with Crippen LogP contribution in [0.5, 0.6) is 0 Å². The second-order valence-electron chi connectivity index (χ2n) is 4.77. The first-order chi connectivity index (χ1) is 9.48. The van der Waals surface area contributed by atoms with Gasteiger partial charge in [-0.2, -0.15) is 0 Å². The Kier molecular flexibility index (Phi) is 4.84. The Labute approximate surface area is 131 Å². The lowest BCUT2D eigenvalue weighted by molar-refractivity contribution is 0.0291. The minimum atomic E-state index is -1.27. The molecule has 1 unspecified atom stereocenters. The van der Waals surface area contributed by atoms with Crippen LogP contribution in [0.3, 0.4) is 0 Å². The molecular formula is C16H15BrClFO. The van der Waals surface area contributed by atoms with Crippen molar-refractivity contribution in [1.82, 2.24) is 0 Å². The number of aliphatic hydroxyl groups is 1. The summed E-state index contributed by atoms with van der Waals surface area (Å²) in [4.78, 5) is 0. The van der Waals surface area contributed by atoms with Gasteiger partial charge in [-0.3, -0.25) is 0 Å². The molecule has 2 aromatic carbocycles. The predicted molar refractivity (Wildman–Crippen MR) is 83.4 cm³/mol. The lowest BCUT2D eigenvalue weighted by Crippen LogP contribution is -2.29. The van der Waals surface area contributed by atoms with E-state index in [0.717, 1.165) is 5.56 Å². The summed E-state index contributed by atoms with van der Waals surface area (Å²) in [6, 6.07) is 12.8. The highest BCUT2D eigenvalue weighted by atomic mass is 79.9. The van der Waals surface area contributed by atoms with Crippen LogP contribution in [0.15, 0.2) is 46.9 Å². The average molecular weight is 358 g/mol. The molecule has 0 saturated heterocycles. The summed E-state index contributed by atoms with van der Waals surface area (Å²) in [6.45, 7) is 1.83. The van der Waals surface area contributed by atoms with E-state index in [0.29, 0.717) is 17.3 Å². The molecule has 0 saturated carbocycles. The van der Waals surface area contributed by atoms with Crippen molar-refractivity contribution in [3.8, 4) is 0 Å². The second kappa shape index (κ2) is 6.25. The predicted octanol–water partition coefficient (Wildman–Crippen LogP) is 5.08. The second-order valence-corrected chi connectivity index (χ2v) is 6.00. The zero-order valence-corrected chi connectivity index (χ0v) is 13.4. The molecule has 0 aliphatic heterocycles. The van der Waals surface area contributed by atoms with Gasteiger partial charge in [-0.05, 0) is 34.0 Å². The Hall–Kier alpha value is -0.900. The summed E-state index contributed by atoms with van der Waals surface area (Å²) >= 11 is 9.10. The first-order valence-corrected chi connectivity index (χ1v) is 7.55. The summed E-state index contributed by atoms with van der Waals surface area (Å²) in [5, 5.41) is 10.8. The van der Waals surface area contributed by atoms with E-state index in [9.17, 15) is 9.50 Å². The molecule has 0 aromatic heterocycles. The standard InChI is InChI=1S/C16H15BrClFO/c1-2-16(20,10-11-6-4-3-5-7-11)12-8-9-13(17)14(18)15(12)19/h3-9,20H,2,10H2,1H3. The molecule has 0 amide bonds. The number of halogens is 3. The molecule has 0 bridgehead atoms. The van der Waals surface area contributed by atoms with E-state index in [-0.39, 0.29) is 10.6 Å². The van der Waals surface area contributed by atoms with E-state index in [1.54, 1.807) is 12.1 Å². The largest absolute Gasteiger partial charge is 0.385 e. The Morgan fingerprint density at radius 1 is 1.20 bits per heavy atom. The molecule has 2 rings (SSSR count). The van der Waals surface area contributed by atoms with Gasteiger partial charge in [0.2, 0.25) is 0 Å². The lowest BCUT2D eigenvalue weighted by atomic mass is 9.85. The molecule has 1 nitrogen and oxygen atoms in total. The van der Waals surface area contributed by atoms with Gasteiger partial charge in [-0.1, -0.05) is 54.9 Å². The smallest absolute Gasteiger partial charge is 0.149 e. The van der Waals surface area contributed by atoms with Gasteiger partial charge in [-0.15, -0.1) is 0 Å². The van der Waals surface area contributed by atoms with Crippen molar-refractivity contribution in [2.75, 3.05) is 0 Å². The van der Waals surface area contributed by atoms with Crippen LogP contribution in [0.2, 0.25) is 5.02 Å². The highest BCUT2D eigenvalue weighted by Crippen LogP contribution is 2.36. The van der Waals surface area contributed by atoms with Crippen molar-refractivity contribution in [2.24, 2.45) is 0 Å².